The predicted molar refractivity (Wildman–Crippen MR) is 81.1 cm³/mol. The molecule has 0 aromatic carbocycles. The van der Waals surface area contributed by atoms with Gasteiger partial charge in [0.2, 0.25) is 0 Å². The van der Waals surface area contributed by atoms with Gasteiger partial charge in [-0.25, -0.2) is 0 Å². The van der Waals surface area contributed by atoms with Gasteiger partial charge in [-0.3, -0.25) is 4.90 Å². The minimum atomic E-state index is -0.389. The van der Waals surface area contributed by atoms with Crippen LogP contribution in [0.4, 0.5) is 0 Å². The molecule has 1 aliphatic rings. The lowest BCUT2D eigenvalue weighted by Gasteiger charge is -2.44. The average Bonchev–Trinajstić information content (AvgIpc) is 3.02. The third-order valence-corrected chi connectivity index (χ3v) is 6.29. The van der Waals surface area contributed by atoms with E-state index in [1.165, 1.54) is 12.8 Å². The van der Waals surface area contributed by atoms with Crippen LogP contribution in [0.25, 0.3) is 0 Å². The lowest BCUT2D eigenvalue weighted by Crippen LogP contribution is -2.50. The van der Waals surface area contributed by atoms with E-state index in [1.54, 1.807) is 11.3 Å². The molecule has 2 rings (SSSR count). The minimum Gasteiger partial charge on any atom is -0.386 e. The zero-order valence-electron chi connectivity index (χ0n) is 11.2. The number of likely N-dealkylation sites (tertiary alicyclic amines) is 1. The van der Waals surface area contributed by atoms with Crippen LogP contribution < -0.4 is 0 Å². The zero-order valence-corrected chi connectivity index (χ0v) is 13.6. The van der Waals surface area contributed by atoms with Gasteiger partial charge in [-0.05, 0) is 66.1 Å². The lowest BCUT2D eigenvalue weighted by atomic mass is 9.84. The maximum atomic E-state index is 10.9. The molecular formula is C14H22BrNOS. The van der Waals surface area contributed by atoms with E-state index in [1.807, 2.05) is 11.4 Å². The Labute approximate surface area is 122 Å². The van der Waals surface area contributed by atoms with E-state index in [0.29, 0.717) is 0 Å². The van der Waals surface area contributed by atoms with Gasteiger partial charge in [0.25, 0.3) is 0 Å². The topological polar surface area (TPSA) is 23.5 Å². The first-order valence-corrected chi connectivity index (χ1v) is 8.49. The van der Waals surface area contributed by atoms with Crippen LogP contribution in [0.1, 0.15) is 50.5 Å². The molecule has 1 atom stereocenters. The number of thiophene rings is 1. The van der Waals surface area contributed by atoms with Crippen LogP contribution in [-0.2, 0) is 0 Å². The molecule has 1 fully saturated rings. The van der Waals surface area contributed by atoms with Gasteiger partial charge in [0, 0.05) is 9.35 Å². The number of nitrogens with zero attached hydrogens (tertiary/aromatic N) is 1. The van der Waals surface area contributed by atoms with Crippen molar-refractivity contribution in [2.24, 2.45) is 0 Å². The average molecular weight is 332 g/mol. The highest BCUT2D eigenvalue weighted by Gasteiger charge is 2.43. The second-order valence-electron chi connectivity index (χ2n) is 5.04. The van der Waals surface area contributed by atoms with Gasteiger partial charge >= 0.3 is 0 Å². The Bertz CT molecular complexity index is 383. The van der Waals surface area contributed by atoms with E-state index in [-0.39, 0.29) is 11.6 Å². The zero-order chi connectivity index (χ0) is 13.2. The van der Waals surface area contributed by atoms with Crippen LogP contribution in [0.3, 0.4) is 0 Å². The molecule has 0 spiro atoms. The smallest absolute Gasteiger partial charge is 0.108 e. The summed E-state index contributed by atoms with van der Waals surface area (Å²) in [5.41, 5.74) is -0.0934. The third kappa shape index (κ3) is 2.40. The van der Waals surface area contributed by atoms with Gasteiger partial charge in [-0.2, -0.15) is 0 Å². The Kier molecular flexibility index (Phi) is 4.86. The molecule has 0 radical (unpaired) electrons. The van der Waals surface area contributed by atoms with Gasteiger partial charge in [0.15, 0.2) is 0 Å². The lowest BCUT2D eigenvalue weighted by molar-refractivity contribution is -0.0279. The Morgan fingerprint density at radius 1 is 1.39 bits per heavy atom. The van der Waals surface area contributed by atoms with Gasteiger partial charge in [0.1, 0.15) is 6.10 Å². The molecule has 4 heteroatoms. The Balaban J connectivity index is 2.31. The number of aliphatic hydroxyl groups excluding tert-OH is 1. The molecule has 1 unspecified atom stereocenters. The van der Waals surface area contributed by atoms with E-state index in [2.05, 4.69) is 34.7 Å². The first-order valence-electron chi connectivity index (χ1n) is 6.81. The molecule has 0 amide bonds. The number of hydrogen-bond donors (Lipinski definition) is 1. The third-order valence-electron chi connectivity index (χ3n) is 4.36. The fourth-order valence-electron chi connectivity index (χ4n) is 3.16. The van der Waals surface area contributed by atoms with E-state index < -0.39 is 0 Å². The van der Waals surface area contributed by atoms with Crippen molar-refractivity contribution in [1.29, 1.82) is 0 Å². The largest absolute Gasteiger partial charge is 0.386 e. The van der Waals surface area contributed by atoms with Crippen LogP contribution in [0.2, 0.25) is 0 Å². The summed E-state index contributed by atoms with van der Waals surface area (Å²) in [5.74, 6) is 0. The quantitative estimate of drug-likeness (QED) is 0.874. The van der Waals surface area contributed by atoms with E-state index >= 15 is 0 Å². The normalized spacial score (nSPS) is 19.3. The number of hydrogen-bond acceptors (Lipinski definition) is 3. The summed E-state index contributed by atoms with van der Waals surface area (Å²) in [6.45, 7) is 6.66. The summed E-state index contributed by atoms with van der Waals surface area (Å²) in [7, 11) is 0. The highest BCUT2D eigenvalue weighted by molar-refractivity contribution is 9.10. The molecule has 2 nitrogen and oxygen atoms in total. The summed E-state index contributed by atoms with van der Waals surface area (Å²) in [6.07, 6.45) is 4.13. The van der Waals surface area contributed by atoms with Crippen LogP contribution in [0.5, 0.6) is 0 Å². The molecule has 0 aliphatic carbocycles. The van der Waals surface area contributed by atoms with Crippen molar-refractivity contribution in [3.63, 3.8) is 0 Å². The monoisotopic (exact) mass is 331 g/mol. The van der Waals surface area contributed by atoms with Gasteiger partial charge in [-0.15, -0.1) is 11.3 Å². The summed E-state index contributed by atoms with van der Waals surface area (Å²) in [6, 6.07) is 2.03. The van der Waals surface area contributed by atoms with Crippen LogP contribution in [-0.4, -0.2) is 28.6 Å². The molecule has 1 aromatic rings. The summed E-state index contributed by atoms with van der Waals surface area (Å²) >= 11 is 5.21. The molecule has 1 aliphatic heterocycles. The van der Waals surface area contributed by atoms with Crippen LogP contribution in [0, 0.1) is 0 Å². The van der Waals surface area contributed by atoms with Crippen LogP contribution in [0.15, 0.2) is 15.9 Å². The molecule has 2 heterocycles. The summed E-state index contributed by atoms with van der Waals surface area (Å²) in [4.78, 5) is 3.58. The van der Waals surface area contributed by atoms with E-state index in [9.17, 15) is 5.11 Å². The standard InChI is InChI=1S/C14H22BrNOS/c1-3-14(4-2,16-8-5-6-9-16)13(17)12-11(15)7-10-18-12/h7,10,13,17H,3-6,8-9H2,1-2H3. The number of halogens is 1. The molecule has 18 heavy (non-hydrogen) atoms. The second kappa shape index (κ2) is 6.04. The van der Waals surface area contributed by atoms with Gasteiger partial charge in [0.05, 0.1) is 5.54 Å². The molecular weight excluding hydrogens is 310 g/mol. The van der Waals surface area contributed by atoms with Crippen molar-refractivity contribution in [2.75, 3.05) is 13.1 Å². The molecule has 1 aromatic heterocycles. The maximum absolute atomic E-state index is 10.9. The maximum Gasteiger partial charge on any atom is 0.108 e. The Hall–Kier alpha value is 0.1000. The molecule has 0 bridgehead atoms. The second-order valence-corrected chi connectivity index (χ2v) is 6.84. The molecule has 102 valence electrons. The number of rotatable bonds is 5. The minimum absolute atomic E-state index is 0.0934. The van der Waals surface area contributed by atoms with Crippen molar-refractivity contribution in [3.8, 4) is 0 Å². The summed E-state index contributed by atoms with van der Waals surface area (Å²) in [5, 5.41) is 12.9. The summed E-state index contributed by atoms with van der Waals surface area (Å²) < 4.78 is 1.05. The predicted octanol–water partition coefficient (Wildman–Crippen LogP) is 4.20. The highest BCUT2D eigenvalue weighted by atomic mass is 79.9. The molecule has 1 N–H and O–H groups in total. The fraction of sp³-hybridized carbons (Fsp3) is 0.714. The van der Waals surface area contributed by atoms with Gasteiger partial charge in [-0.1, -0.05) is 13.8 Å². The SMILES string of the molecule is CCC(CC)(C(O)c1sccc1Br)N1CCCC1. The fourth-order valence-corrected chi connectivity index (χ4v) is 4.85. The van der Waals surface area contributed by atoms with Crippen LogP contribution >= 0.6 is 27.3 Å². The van der Waals surface area contributed by atoms with Crippen molar-refractivity contribution < 1.29 is 5.11 Å². The molecule has 0 saturated carbocycles. The van der Waals surface area contributed by atoms with Crippen molar-refractivity contribution in [3.05, 3.63) is 20.8 Å². The highest BCUT2D eigenvalue weighted by Crippen LogP contribution is 2.43. The number of aliphatic hydroxyl groups is 1. The van der Waals surface area contributed by atoms with Crippen molar-refractivity contribution in [2.45, 2.75) is 51.2 Å². The Morgan fingerprint density at radius 3 is 2.44 bits per heavy atom. The van der Waals surface area contributed by atoms with E-state index in [4.69, 9.17) is 0 Å². The van der Waals surface area contributed by atoms with E-state index in [0.717, 1.165) is 35.3 Å². The van der Waals surface area contributed by atoms with Crippen molar-refractivity contribution in [1.82, 2.24) is 4.90 Å². The van der Waals surface area contributed by atoms with Gasteiger partial charge < -0.3 is 5.11 Å². The first kappa shape index (κ1) is 14.5. The van der Waals surface area contributed by atoms with Crippen molar-refractivity contribution >= 4 is 27.3 Å². The Morgan fingerprint density at radius 2 is 2.00 bits per heavy atom. The molecule has 1 saturated heterocycles. The first-order chi connectivity index (χ1) is 8.65.